The van der Waals surface area contributed by atoms with Crippen LogP contribution in [-0.2, 0) is 0 Å². The highest BCUT2D eigenvalue weighted by atomic mass is 127. The lowest BCUT2D eigenvalue weighted by Gasteiger charge is -2.00. The molecule has 100 valence electrons. The van der Waals surface area contributed by atoms with Crippen LogP contribution in [0.4, 0.5) is 5.69 Å². The maximum absolute atomic E-state index is 5.96. The molecule has 3 rings (SSSR count). The second-order valence-electron chi connectivity index (χ2n) is 4.35. The number of nitrogens with zero attached hydrogens (tertiary/aromatic N) is 3. The lowest BCUT2D eigenvalue weighted by atomic mass is 10.1. The zero-order chi connectivity index (χ0) is 14.1. The number of nitrogens with two attached hydrogens (primary N) is 1. The Hall–Kier alpha value is -1.96. The second kappa shape index (κ2) is 5.20. The number of hydrogen-bond acceptors (Lipinski definition) is 5. The van der Waals surface area contributed by atoms with E-state index in [2.05, 4.69) is 37.7 Å². The molecule has 0 unspecified atom stereocenters. The Labute approximate surface area is 129 Å². The first kappa shape index (κ1) is 13.0. The van der Waals surface area contributed by atoms with Crippen LogP contribution in [0.1, 0.15) is 5.56 Å². The number of hydrogen-bond donors (Lipinski definition) is 1. The first-order chi connectivity index (χ1) is 9.65. The Bertz CT molecular complexity index is 769. The predicted octanol–water partition coefficient (Wildman–Crippen LogP) is 3.29. The van der Waals surface area contributed by atoms with E-state index in [4.69, 9.17) is 10.3 Å². The van der Waals surface area contributed by atoms with Crippen LogP contribution in [0.2, 0.25) is 0 Å². The molecule has 0 aliphatic heterocycles. The molecule has 0 aliphatic carbocycles. The SMILES string of the molecule is Cc1cnccc1-c1noc(-c2cc(I)ccc2N)n1. The molecular formula is C14H11IN4O. The number of aromatic nitrogens is 3. The Morgan fingerprint density at radius 2 is 2.05 bits per heavy atom. The molecule has 0 radical (unpaired) electrons. The van der Waals surface area contributed by atoms with Crippen molar-refractivity contribution in [1.29, 1.82) is 0 Å². The topological polar surface area (TPSA) is 77.8 Å². The van der Waals surface area contributed by atoms with Gasteiger partial charge in [0.1, 0.15) is 0 Å². The molecule has 0 saturated carbocycles. The number of aryl methyl sites for hydroxylation is 1. The van der Waals surface area contributed by atoms with E-state index in [0.29, 0.717) is 17.4 Å². The fourth-order valence-corrected chi connectivity index (χ4v) is 2.37. The molecule has 2 aromatic heterocycles. The summed E-state index contributed by atoms with van der Waals surface area (Å²) < 4.78 is 6.39. The maximum Gasteiger partial charge on any atom is 0.260 e. The third kappa shape index (κ3) is 2.38. The first-order valence-electron chi connectivity index (χ1n) is 5.95. The average molecular weight is 378 g/mol. The fraction of sp³-hybridized carbons (Fsp3) is 0.0714. The normalized spacial score (nSPS) is 10.7. The van der Waals surface area contributed by atoms with Crippen molar-refractivity contribution in [2.45, 2.75) is 6.92 Å². The molecule has 5 nitrogen and oxygen atoms in total. The van der Waals surface area contributed by atoms with Crippen molar-refractivity contribution in [2.24, 2.45) is 0 Å². The van der Waals surface area contributed by atoms with E-state index in [9.17, 15) is 0 Å². The highest BCUT2D eigenvalue weighted by molar-refractivity contribution is 14.1. The largest absolute Gasteiger partial charge is 0.398 e. The third-order valence-corrected chi connectivity index (χ3v) is 3.60. The lowest BCUT2D eigenvalue weighted by Crippen LogP contribution is -1.91. The highest BCUT2D eigenvalue weighted by Crippen LogP contribution is 2.28. The van der Waals surface area contributed by atoms with Crippen molar-refractivity contribution in [3.63, 3.8) is 0 Å². The Kier molecular flexibility index (Phi) is 3.39. The molecule has 0 amide bonds. The first-order valence-corrected chi connectivity index (χ1v) is 7.03. The maximum atomic E-state index is 5.96. The van der Waals surface area contributed by atoms with Crippen molar-refractivity contribution >= 4 is 28.3 Å². The quantitative estimate of drug-likeness (QED) is 0.547. The minimum absolute atomic E-state index is 0.423. The summed E-state index contributed by atoms with van der Waals surface area (Å²) in [5.74, 6) is 0.963. The smallest absolute Gasteiger partial charge is 0.260 e. The van der Waals surface area contributed by atoms with Gasteiger partial charge in [0.2, 0.25) is 5.82 Å². The number of anilines is 1. The van der Waals surface area contributed by atoms with E-state index < -0.39 is 0 Å². The third-order valence-electron chi connectivity index (χ3n) is 2.93. The van der Waals surface area contributed by atoms with Crippen LogP contribution in [0.25, 0.3) is 22.8 Å². The van der Waals surface area contributed by atoms with Gasteiger partial charge in [-0.1, -0.05) is 5.16 Å². The summed E-state index contributed by atoms with van der Waals surface area (Å²) in [5, 5.41) is 4.02. The van der Waals surface area contributed by atoms with Crippen molar-refractivity contribution in [3.05, 3.63) is 45.8 Å². The molecule has 0 fully saturated rings. The zero-order valence-electron chi connectivity index (χ0n) is 10.7. The Morgan fingerprint density at radius 1 is 1.20 bits per heavy atom. The molecule has 0 atom stereocenters. The van der Waals surface area contributed by atoms with E-state index in [0.717, 1.165) is 20.3 Å². The van der Waals surface area contributed by atoms with Crippen molar-refractivity contribution in [2.75, 3.05) is 5.73 Å². The van der Waals surface area contributed by atoms with E-state index >= 15 is 0 Å². The van der Waals surface area contributed by atoms with Gasteiger partial charge in [-0.2, -0.15) is 4.98 Å². The molecule has 6 heteroatoms. The monoisotopic (exact) mass is 378 g/mol. The summed E-state index contributed by atoms with van der Waals surface area (Å²) in [6, 6.07) is 7.55. The van der Waals surface area contributed by atoms with Gasteiger partial charge in [0.05, 0.1) is 5.56 Å². The molecule has 0 aliphatic rings. The van der Waals surface area contributed by atoms with Crippen LogP contribution >= 0.6 is 22.6 Å². The molecular weight excluding hydrogens is 367 g/mol. The van der Waals surface area contributed by atoms with Gasteiger partial charge in [-0.05, 0) is 59.3 Å². The number of pyridine rings is 1. The Morgan fingerprint density at radius 3 is 2.85 bits per heavy atom. The number of benzene rings is 1. The summed E-state index contributed by atoms with van der Waals surface area (Å²) in [5.41, 5.74) is 9.23. The van der Waals surface area contributed by atoms with Crippen LogP contribution in [-0.4, -0.2) is 15.1 Å². The highest BCUT2D eigenvalue weighted by Gasteiger charge is 2.14. The van der Waals surface area contributed by atoms with Crippen molar-refractivity contribution < 1.29 is 4.52 Å². The summed E-state index contributed by atoms with van der Waals surface area (Å²) >= 11 is 2.22. The Balaban J connectivity index is 2.07. The van der Waals surface area contributed by atoms with E-state index in [1.54, 1.807) is 12.4 Å². The zero-order valence-corrected chi connectivity index (χ0v) is 12.8. The molecule has 2 N–H and O–H groups in total. The van der Waals surface area contributed by atoms with Gasteiger partial charge in [0.15, 0.2) is 0 Å². The van der Waals surface area contributed by atoms with E-state index in [1.807, 2.05) is 31.2 Å². The van der Waals surface area contributed by atoms with E-state index in [-0.39, 0.29) is 0 Å². The number of halogens is 1. The van der Waals surface area contributed by atoms with Gasteiger partial charge in [0, 0.05) is 27.2 Å². The molecule has 0 saturated heterocycles. The average Bonchev–Trinajstić information content (AvgIpc) is 2.91. The van der Waals surface area contributed by atoms with Gasteiger partial charge in [0.25, 0.3) is 5.89 Å². The summed E-state index contributed by atoms with van der Waals surface area (Å²) in [6.07, 6.45) is 3.48. The fourth-order valence-electron chi connectivity index (χ4n) is 1.88. The van der Waals surface area contributed by atoms with Crippen LogP contribution < -0.4 is 5.73 Å². The molecule has 1 aromatic carbocycles. The van der Waals surface area contributed by atoms with Crippen LogP contribution in [0.3, 0.4) is 0 Å². The van der Waals surface area contributed by atoms with Crippen molar-refractivity contribution in [3.8, 4) is 22.8 Å². The van der Waals surface area contributed by atoms with Gasteiger partial charge in [-0.25, -0.2) is 0 Å². The molecule has 0 bridgehead atoms. The van der Waals surface area contributed by atoms with Crippen molar-refractivity contribution in [1.82, 2.24) is 15.1 Å². The van der Waals surface area contributed by atoms with E-state index in [1.165, 1.54) is 0 Å². The lowest BCUT2D eigenvalue weighted by molar-refractivity contribution is 0.432. The number of rotatable bonds is 2. The number of nitrogen functional groups attached to an aromatic ring is 1. The van der Waals surface area contributed by atoms with Crippen LogP contribution in [0.5, 0.6) is 0 Å². The molecule has 20 heavy (non-hydrogen) atoms. The molecule has 0 spiro atoms. The molecule has 3 aromatic rings. The summed E-state index contributed by atoms with van der Waals surface area (Å²) in [4.78, 5) is 8.48. The van der Waals surface area contributed by atoms with Gasteiger partial charge in [-0.15, -0.1) is 0 Å². The second-order valence-corrected chi connectivity index (χ2v) is 5.59. The summed E-state index contributed by atoms with van der Waals surface area (Å²) in [7, 11) is 0. The van der Waals surface area contributed by atoms with Crippen LogP contribution in [0.15, 0.2) is 41.2 Å². The molecule has 2 heterocycles. The van der Waals surface area contributed by atoms with Gasteiger partial charge in [-0.3, -0.25) is 4.98 Å². The van der Waals surface area contributed by atoms with Crippen LogP contribution in [0, 0.1) is 10.5 Å². The van der Waals surface area contributed by atoms with Gasteiger partial charge < -0.3 is 10.3 Å². The minimum atomic E-state index is 0.423. The standard InChI is InChI=1S/C14H11IN4O/c1-8-7-17-5-4-10(8)13-18-14(20-19-13)11-6-9(15)2-3-12(11)16/h2-7H,16H2,1H3. The minimum Gasteiger partial charge on any atom is -0.398 e. The van der Waals surface area contributed by atoms with Gasteiger partial charge >= 0.3 is 0 Å². The predicted molar refractivity (Wildman–Crippen MR) is 84.8 cm³/mol. The summed E-state index contributed by atoms with van der Waals surface area (Å²) in [6.45, 7) is 1.96.